The largest absolute Gasteiger partial charge is 0.433 e. The second-order valence-electron chi connectivity index (χ2n) is 24.8. The molecule has 22 nitrogen and oxygen atoms in total. The number of hydrogen-bond donors (Lipinski definition) is 7. The molecule has 0 radical (unpaired) electrons. The number of sulfone groups is 1. The van der Waals surface area contributed by atoms with Crippen molar-refractivity contribution in [1.82, 2.24) is 40.5 Å². The second-order valence-corrected chi connectivity index (χ2v) is 31.1. The minimum absolute atomic E-state index is 0.0116. The summed E-state index contributed by atoms with van der Waals surface area (Å²) in [6.45, 7) is 0.198. The highest BCUT2D eigenvalue weighted by atomic mass is 35.5. The molecule has 12 aromatic rings. The number of carbonyl (C=O) groups is 5. The minimum atomic E-state index is -4.59. The first-order valence-electron chi connectivity index (χ1n) is 33.7. The predicted octanol–water partition coefficient (Wildman–Crippen LogP) is 19.0. The molecule has 0 atom stereocenters. The molecule has 0 aliphatic heterocycles. The molecule has 0 bridgehead atoms. The van der Waals surface area contributed by atoms with Crippen LogP contribution in [-0.4, -0.2) is 109 Å². The molecular weight excluding hydrogens is 1680 g/mol. The van der Waals surface area contributed by atoms with E-state index in [0.29, 0.717) is 105 Å². The van der Waals surface area contributed by atoms with E-state index in [1.54, 1.807) is 140 Å². The van der Waals surface area contributed by atoms with Crippen molar-refractivity contribution in [3.05, 3.63) is 312 Å². The van der Waals surface area contributed by atoms with E-state index in [0.717, 1.165) is 24.6 Å². The van der Waals surface area contributed by atoms with Crippen molar-refractivity contribution < 1.29 is 67.2 Å². The maximum atomic E-state index is 12.8. The second kappa shape index (κ2) is 39.7. The standard InChI is InChI=1S/C21H16Cl2F3N3O.C21H16ClF3N4O2.C20H16Cl2N2O3S.C18H15ClN4O3S/c22-17-7-5-14(10-16(17)19-3-1-2-8-28-19)29-20(30)15-6-4-13(9-18(15)23)11-27-12-21(24,25)26;1-11-14(5-8-18(28-11)21(23,24)25)20(31)29-13-4-6-16(22)15(9-13)17-7-3-12(10-27-17)19(30)26-2;1-28(26,27)12-13-5-7-15(18(22)10-13)20(25)24-14-6-8-17(21)16(11-14)19-4-2-3-9-23-19;1-27(25,26)23-17-8-5-12(11-21-17)18(24)22-13-6-7-15(19)14(10-13)16-4-2-3-9-20-16/h1-10,27H,11-12H2,(H,29,30);3-10H,1-2H3,(H,26,30)(H,29,31);2-11H,12H2,1H3,(H,24,25);2-11H,1H3,(H,21,23)(H,22,24). The summed E-state index contributed by atoms with van der Waals surface area (Å²) in [5.74, 6) is -2.16. The summed E-state index contributed by atoms with van der Waals surface area (Å²) in [6.07, 6.45) is 0.925. The van der Waals surface area contributed by atoms with Gasteiger partial charge in [0.15, 0.2) is 9.84 Å². The molecule has 598 valence electrons. The summed E-state index contributed by atoms with van der Waals surface area (Å²) in [5, 5.41) is 17.9. The summed E-state index contributed by atoms with van der Waals surface area (Å²) >= 11 is 37.3. The number of pyridine rings is 6. The van der Waals surface area contributed by atoms with Gasteiger partial charge in [-0.3, -0.25) is 48.6 Å². The third-order valence-corrected chi connectivity index (χ3v) is 19.2. The van der Waals surface area contributed by atoms with Crippen LogP contribution in [0.1, 0.15) is 74.3 Å². The SMILES string of the molecule is CNC(=O)c1ccc(-c2cc(NC(=O)c3ccc(C(F)(F)F)nc3C)ccc2Cl)nc1.CS(=O)(=O)Cc1ccc(C(=O)Nc2ccc(Cl)c(-c3ccccn3)c2)c(Cl)c1.CS(=O)(=O)Nc1ccc(C(=O)Nc2ccc(Cl)c(-c3ccccn3)c2)cn1.O=C(Nc1ccc(Cl)c(-c2ccccn2)c1)c1ccc(CNCC(F)(F)F)cc1Cl. The number of nitrogens with one attached hydrogen (secondary N) is 7. The molecule has 0 aliphatic rings. The highest BCUT2D eigenvalue weighted by Crippen LogP contribution is 2.36. The molecule has 5 amide bonds. The van der Waals surface area contributed by atoms with Gasteiger partial charge >= 0.3 is 12.4 Å². The third kappa shape index (κ3) is 26.3. The predicted molar refractivity (Wildman–Crippen MR) is 440 cm³/mol. The van der Waals surface area contributed by atoms with Crippen molar-refractivity contribution >= 4 is 148 Å². The lowest BCUT2D eigenvalue weighted by Gasteiger charge is -2.12. The topological polar surface area (TPSA) is 315 Å². The van der Waals surface area contributed by atoms with E-state index in [-0.39, 0.29) is 67.9 Å². The van der Waals surface area contributed by atoms with Gasteiger partial charge in [-0.1, -0.05) is 99.9 Å². The number of hydrogen-bond acceptors (Lipinski definition) is 16. The van der Waals surface area contributed by atoms with E-state index in [1.165, 1.54) is 62.8 Å². The van der Waals surface area contributed by atoms with E-state index in [2.05, 4.69) is 66.5 Å². The number of aromatic nitrogens is 6. The van der Waals surface area contributed by atoms with Gasteiger partial charge in [-0.15, -0.1) is 0 Å². The van der Waals surface area contributed by atoms with Crippen molar-refractivity contribution in [1.29, 1.82) is 0 Å². The Kier molecular flexibility index (Phi) is 30.3. The van der Waals surface area contributed by atoms with Gasteiger partial charge in [0, 0.05) is 95.8 Å². The summed E-state index contributed by atoms with van der Waals surface area (Å²) in [6, 6.07) is 53.2. The van der Waals surface area contributed by atoms with Crippen LogP contribution >= 0.6 is 69.6 Å². The van der Waals surface area contributed by atoms with E-state index >= 15 is 0 Å². The minimum Gasteiger partial charge on any atom is -0.355 e. The maximum absolute atomic E-state index is 12.8. The van der Waals surface area contributed by atoms with Gasteiger partial charge in [-0.2, -0.15) is 26.3 Å². The number of amides is 5. The van der Waals surface area contributed by atoms with Crippen molar-refractivity contribution in [2.75, 3.05) is 52.1 Å². The fourth-order valence-corrected chi connectivity index (χ4v) is 13.2. The van der Waals surface area contributed by atoms with Crippen molar-refractivity contribution in [3.8, 4) is 45.0 Å². The number of alkyl halides is 6. The highest BCUT2D eigenvalue weighted by molar-refractivity contribution is 7.92. The number of halogens is 12. The van der Waals surface area contributed by atoms with Crippen LogP contribution in [0.25, 0.3) is 45.0 Å². The monoisotopic (exact) mass is 1740 g/mol. The Balaban J connectivity index is 0.000000177. The first kappa shape index (κ1) is 88.5. The van der Waals surface area contributed by atoms with Gasteiger partial charge in [-0.05, 0) is 188 Å². The fourth-order valence-electron chi connectivity index (χ4n) is 10.5. The number of carbonyl (C=O) groups excluding carboxylic acids is 5. The smallest absolute Gasteiger partial charge is 0.355 e. The summed E-state index contributed by atoms with van der Waals surface area (Å²) in [4.78, 5) is 86.2. The molecule has 6 aromatic heterocycles. The maximum Gasteiger partial charge on any atom is 0.433 e. The lowest BCUT2D eigenvalue weighted by molar-refractivity contribution is -0.141. The molecular formula is C80H63Cl6F6N13O9S2. The number of aryl methyl sites for hydroxylation is 1. The van der Waals surface area contributed by atoms with Crippen LogP contribution in [0.3, 0.4) is 0 Å². The van der Waals surface area contributed by atoms with Crippen molar-refractivity contribution in [2.24, 2.45) is 0 Å². The molecule has 0 saturated carbocycles. The molecule has 0 fully saturated rings. The Morgan fingerprint density at radius 2 is 0.810 bits per heavy atom. The zero-order valence-electron chi connectivity index (χ0n) is 60.8. The molecule has 36 heteroatoms. The lowest BCUT2D eigenvalue weighted by atomic mass is 10.1. The van der Waals surface area contributed by atoms with Crippen molar-refractivity contribution in [3.63, 3.8) is 0 Å². The Bertz CT molecular complexity index is 5830. The fraction of sp³-hybridized carbons (Fsp3) is 0.113. The van der Waals surface area contributed by atoms with Crippen LogP contribution < -0.4 is 36.6 Å². The van der Waals surface area contributed by atoms with Crippen LogP contribution in [0.15, 0.2) is 231 Å². The van der Waals surface area contributed by atoms with Gasteiger partial charge in [-0.25, -0.2) is 26.8 Å². The van der Waals surface area contributed by atoms with Gasteiger partial charge in [0.05, 0.1) is 105 Å². The van der Waals surface area contributed by atoms with E-state index in [9.17, 15) is 67.2 Å². The highest BCUT2D eigenvalue weighted by Gasteiger charge is 2.33. The number of benzene rings is 6. The summed E-state index contributed by atoms with van der Waals surface area (Å²) in [7, 11) is -5.11. The number of anilines is 5. The molecule has 6 aromatic carbocycles. The Morgan fingerprint density at radius 1 is 0.414 bits per heavy atom. The number of nitrogens with zero attached hydrogens (tertiary/aromatic N) is 6. The molecule has 12 rings (SSSR count). The van der Waals surface area contributed by atoms with E-state index in [1.807, 2.05) is 30.3 Å². The van der Waals surface area contributed by atoms with Crippen LogP contribution in [0, 0.1) is 6.92 Å². The third-order valence-electron chi connectivity index (χ3n) is 15.8. The Labute approximate surface area is 690 Å². The molecule has 0 aliphatic carbocycles. The average molecular weight is 1740 g/mol. The first-order chi connectivity index (χ1) is 54.9. The van der Waals surface area contributed by atoms with Crippen molar-refractivity contribution in [2.45, 2.75) is 31.6 Å². The molecule has 0 saturated heterocycles. The van der Waals surface area contributed by atoms with Gasteiger partial charge in [0.25, 0.3) is 29.5 Å². The van der Waals surface area contributed by atoms with Gasteiger partial charge < -0.3 is 31.9 Å². The van der Waals surface area contributed by atoms with Gasteiger partial charge in [0.1, 0.15) is 11.5 Å². The zero-order valence-corrected chi connectivity index (χ0v) is 66.9. The number of rotatable bonds is 20. The Hall–Kier alpha value is -11.5. The van der Waals surface area contributed by atoms with Crippen LogP contribution in [0.5, 0.6) is 0 Å². The average Bonchev–Trinajstić information content (AvgIpc) is 0.820. The summed E-state index contributed by atoms with van der Waals surface area (Å²) in [5.41, 5.74) is 8.04. The lowest BCUT2D eigenvalue weighted by Crippen LogP contribution is -2.28. The first-order valence-corrected chi connectivity index (χ1v) is 40.0. The van der Waals surface area contributed by atoms with E-state index in [4.69, 9.17) is 69.6 Å². The molecule has 7 N–H and O–H groups in total. The van der Waals surface area contributed by atoms with E-state index < -0.39 is 62.2 Å². The molecule has 6 heterocycles. The van der Waals surface area contributed by atoms with Crippen LogP contribution in [0.4, 0.5) is 54.9 Å². The zero-order chi connectivity index (χ0) is 84.2. The van der Waals surface area contributed by atoms with Gasteiger partial charge in [0.2, 0.25) is 10.0 Å². The normalized spacial score (nSPS) is 11.2. The molecule has 0 unspecified atom stereocenters. The Morgan fingerprint density at radius 3 is 1.17 bits per heavy atom. The number of sulfonamides is 1. The molecule has 116 heavy (non-hydrogen) atoms. The molecule has 0 spiro atoms. The quantitative estimate of drug-likeness (QED) is 0.0349. The van der Waals surface area contributed by atoms with Crippen LogP contribution in [-0.2, 0) is 38.3 Å². The van der Waals surface area contributed by atoms with Crippen LogP contribution in [0.2, 0.25) is 30.1 Å². The summed E-state index contributed by atoms with van der Waals surface area (Å²) < 4.78 is 122.